The normalized spacial score (nSPS) is 17.5. The molecule has 2 aromatic heterocycles. The van der Waals surface area contributed by atoms with Crippen molar-refractivity contribution in [2.24, 2.45) is 5.73 Å². The van der Waals surface area contributed by atoms with Gasteiger partial charge in [-0.3, -0.25) is 4.79 Å². The second-order valence-corrected chi connectivity index (χ2v) is 7.70. The van der Waals surface area contributed by atoms with Crippen LogP contribution in [0, 0.1) is 17.5 Å². The van der Waals surface area contributed by atoms with Crippen LogP contribution in [0.4, 0.5) is 24.5 Å². The first-order valence-corrected chi connectivity index (χ1v) is 10.3. The average molecular weight is 495 g/mol. The number of rotatable bonds is 5. The molecular weight excluding hydrogens is 473 g/mol. The van der Waals surface area contributed by atoms with Gasteiger partial charge in [0.25, 0.3) is 5.91 Å². The molecule has 8 nitrogen and oxygen atoms in total. The van der Waals surface area contributed by atoms with Crippen molar-refractivity contribution in [1.82, 2.24) is 15.0 Å². The summed E-state index contributed by atoms with van der Waals surface area (Å²) in [4.78, 5) is 24.7. The van der Waals surface area contributed by atoms with E-state index in [1.54, 1.807) is 0 Å². The monoisotopic (exact) mass is 494 g/mol. The van der Waals surface area contributed by atoms with E-state index in [1.807, 2.05) is 0 Å². The molecule has 1 aliphatic carbocycles. The quantitative estimate of drug-likeness (QED) is 0.491. The van der Waals surface area contributed by atoms with Crippen molar-refractivity contribution in [3.8, 4) is 17.1 Å². The fourth-order valence-corrected chi connectivity index (χ4v) is 3.63. The predicted molar refractivity (Wildman–Crippen MR) is 122 cm³/mol. The van der Waals surface area contributed by atoms with E-state index in [2.05, 4.69) is 20.3 Å². The van der Waals surface area contributed by atoms with Crippen molar-refractivity contribution in [2.75, 3.05) is 11.1 Å². The number of benzene rings is 1. The number of halogens is 4. The topological polar surface area (TPSA) is 129 Å². The van der Waals surface area contributed by atoms with Crippen molar-refractivity contribution in [3.05, 3.63) is 59.9 Å². The Labute approximate surface area is 199 Å². The van der Waals surface area contributed by atoms with E-state index in [0.29, 0.717) is 0 Å². The highest BCUT2D eigenvalue weighted by atomic mass is 35.5. The lowest BCUT2D eigenvalue weighted by molar-refractivity contribution is 0.102. The van der Waals surface area contributed by atoms with Gasteiger partial charge in [-0.25, -0.2) is 23.1 Å². The molecule has 0 bridgehead atoms. The number of nitrogen functional groups attached to an aromatic ring is 1. The van der Waals surface area contributed by atoms with Crippen molar-refractivity contribution >= 4 is 29.7 Å². The minimum absolute atomic E-state index is 0. The van der Waals surface area contributed by atoms with Crippen LogP contribution in [0.3, 0.4) is 0 Å². The Bertz CT molecular complexity index is 1170. The lowest BCUT2D eigenvalue weighted by Crippen LogP contribution is -2.32. The summed E-state index contributed by atoms with van der Waals surface area (Å²) in [6.45, 7) is 0. The molecule has 1 amide bonds. The standard InChI is InChI=1S/C22H21F3N6O2.ClH/c23-13-2-1-3-14(24)18(13)19-15(25)8-16(27)20(31-19)21(32)30-17-9-28-10-29-22(17)33-12-6-4-11(26)5-7-12;/h1-3,8-12H,4-7,26-27H2,(H,30,32);1H. The van der Waals surface area contributed by atoms with Gasteiger partial charge in [0.1, 0.15) is 35.4 Å². The Morgan fingerprint density at radius 3 is 2.44 bits per heavy atom. The second-order valence-electron chi connectivity index (χ2n) is 7.70. The molecule has 2 heterocycles. The highest BCUT2D eigenvalue weighted by molar-refractivity contribution is 6.07. The number of nitrogens with one attached hydrogen (secondary N) is 1. The van der Waals surface area contributed by atoms with Crippen molar-refractivity contribution in [3.63, 3.8) is 0 Å². The first kappa shape index (κ1) is 25.2. The molecule has 0 unspecified atom stereocenters. The first-order valence-electron chi connectivity index (χ1n) is 10.3. The van der Waals surface area contributed by atoms with Crippen LogP contribution in [0.15, 0.2) is 36.8 Å². The highest BCUT2D eigenvalue weighted by Gasteiger charge is 2.24. The van der Waals surface area contributed by atoms with E-state index in [1.165, 1.54) is 12.5 Å². The molecule has 0 radical (unpaired) electrons. The summed E-state index contributed by atoms with van der Waals surface area (Å²) in [6.07, 6.45) is 5.56. The van der Waals surface area contributed by atoms with Crippen LogP contribution in [0.2, 0.25) is 0 Å². The van der Waals surface area contributed by atoms with Gasteiger partial charge in [-0.2, -0.15) is 4.98 Å². The molecule has 5 N–H and O–H groups in total. The molecule has 12 heteroatoms. The van der Waals surface area contributed by atoms with Crippen molar-refractivity contribution < 1.29 is 22.7 Å². The van der Waals surface area contributed by atoms with Gasteiger partial charge in [-0.1, -0.05) is 6.07 Å². The smallest absolute Gasteiger partial charge is 0.276 e. The van der Waals surface area contributed by atoms with Crippen molar-refractivity contribution in [1.29, 1.82) is 0 Å². The lowest BCUT2D eigenvalue weighted by atomic mass is 9.94. The summed E-state index contributed by atoms with van der Waals surface area (Å²) in [7, 11) is 0. The maximum atomic E-state index is 14.5. The maximum absolute atomic E-state index is 14.5. The zero-order valence-electron chi connectivity index (χ0n) is 17.8. The van der Waals surface area contributed by atoms with Gasteiger partial charge in [0.15, 0.2) is 11.5 Å². The van der Waals surface area contributed by atoms with Gasteiger partial charge in [0.05, 0.1) is 17.4 Å². The van der Waals surface area contributed by atoms with E-state index < -0.39 is 40.3 Å². The molecule has 3 aromatic rings. The minimum Gasteiger partial charge on any atom is -0.473 e. The molecule has 0 atom stereocenters. The Kier molecular flexibility index (Phi) is 7.90. The molecule has 1 fully saturated rings. The summed E-state index contributed by atoms with van der Waals surface area (Å²) in [5.74, 6) is -3.85. The van der Waals surface area contributed by atoms with Crippen LogP contribution in [0.25, 0.3) is 11.3 Å². The Hall–Kier alpha value is -3.44. The van der Waals surface area contributed by atoms with E-state index >= 15 is 0 Å². The number of pyridine rings is 1. The van der Waals surface area contributed by atoms with Crippen LogP contribution in [-0.2, 0) is 0 Å². The number of anilines is 2. The zero-order chi connectivity index (χ0) is 23.5. The number of nitrogens with zero attached hydrogens (tertiary/aromatic N) is 3. The van der Waals surface area contributed by atoms with E-state index in [9.17, 15) is 18.0 Å². The molecule has 34 heavy (non-hydrogen) atoms. The second kappa shape index (κ2) is 10.7. The number of aromatic nitrogens is 3. The summed E-state index contributed by atoms with van der Waals surface area (Å²) in [5, 5.41) is 2.53. The number of ether oxygens (including phenoxy) is 1. The Morgan fingerprint density at radius 2 is 1.76 bits per heavy atom. The van der Waals surface area contributed by atoms with Crippen LogP contribution in [-0.4, -0.2) is 33.0 Å². The molecule has 1 aliphatic rings. The van der Waals surface area contributed by atoms with Gasteiger partial charge >= 0.3 is 0 Å². The van der Waals surface area contributed by atoms with Gasteiger partial charge in [0, 0.05) is 12.1 Å². The Balaban J connectivity index is 0.00000324. The molecule has 1 aromatic carbocycles. The summed E-state index contributed by atoms with van der Waals surface area (Å²) in [5.41, 5.74) is 9.72. The third kappa shape index (κ3) is 5.37. The van der Waals surface area contributed by atoms with Crippen LogP contribution in [0.5, 0.6) is 5.88 Å². The fraction of sp³-hybridized carbons (Fsp3) is 0.273. The zero-order valence-corrected chi connectivity index (χ0v) is 18.6. The number of amides is 1. The van der Waals surface area contributed by atoms with Gasteiger partial charge < -0.3 is 21.5 Å². The fourth-order valence-electron chi connectivity index (χ4n) is 3.63. The van der Waals surface area contributed by atoms with Gasteiger partial charge in [-0.15, -0.1) is 12.4 Å². The molecular formula is C22H22ClF3N6O2. The third-order valence-electron chi connectivity index (χ3n) is 5.34. The summed E-state index contributed by atoms with van der Waals surface area (Å²) < 4.78 is 48.7. The number of hydrogen-bond donors (Lipinski definition) is 3. The molecule has 0 saturated heterocycles. The molecule has 0 aliphatic heterocycles. The summed E-state index contributed by atoms with van der Waals surface area (Å²) in [6, 6.07) is 3.97. The number of carbonyl (C=O) groups excluding carboxylic acids is 1. The molecule has 1 saturated carbocycles. The largest absolute Gasteiger partial charge is 0.473 e. The van der Waals surface area contributed by atoms with Gasteiger partial charge in [0.2, 0.25) is 5.88 Å². The first-order chi connectivity index (χ1) is 15.8. The van der Waals surface area contributed by atoms with Crippen LogP contribution >= 0.6 is 12.4 Å². The Morgan fingerprint density at radius 1 is 1.09 bits per heavy atom. The molecule has 4 rings (SSSR count). The van der Waals surface area contributed by atoms with Crippen LogP contribution < -0.4 is 21.5 Å². The minimum atomic E-state index is -1.07. The lowest BCUT2D eigenvalue weighted by Gasteiger charge is -2.26. The van der Waals surface area contributed by atoms with Gasteiger partial charge in [-0.05, 0) is 37.8 Å². The van der Waals surface area contributed by atoms with Crippen LogP contribution in [0.1, 0.15) is 36.2 Å². The SMILES string of the molecule is Cl.Nc1cc(F)c(-c2c(F)cccc2F)nc1C(=O)Nc1cncnc1OC1CCC(N)CC1. The van der Waals surface area contributed by atoms with Crippen molar-refractivity contribution in [2.45, 2.75) is 37.8 Å². The predicted octanol–water partition coefficient (Wildman–Crippen LogP) is 3.86. The molecule has 0 spiro atoms. The summed E-state index contributed by atoms with van der Waals surface area (Å²) >= 11 is 0. The van der Waals surface area contributed by atoms with E-state index in [4.69, 9.17) is 16.2 Å². The number of nitrogens with two attached hydrogens (primary N) is 2. The average Bonchev–Trinajstić information content (AvgIpc) is 2.77. The molecule has 180 valence electrons. The maximum Gasteiger partial charge on any atom is 0.276 e. The van der Waals surface area contributed by atoms with E-state index in [0.717, 1.165) is 49.9 Å². The van der Waals surface area contributed by atoms with E-state index in [-0.39, 0.29) is 41.8 Å². The number of carbonyl (C=O) groups is 1. The number of hydrogen-bond acceptors (Lipinski definition) is 7. The highest BCUT2D eigenvalue weighted by Crippen LogP contribution is 2.30. The third-order valence-corrected chi connectivity index (χ3v) is 5.34.